The number of piperidine rings is 1. The molecule has 1 aliphatic rings. The second-order valence-electron chi connectivity index (χ2n) is 4.77. The second kappa shape index (κ2) is 7.62. The van der Waals surface area contributed by atoms with Crippen LogP contribution in [0.2, 0.25) is 10.0 Å². The Morgan fingerprint density at radius 2 is 1.90 bits per heavy atom. The highest BCUT2D eigenvalue weighted by Crippen LogP contribution is 2.21. The van der Waals surface area contributed by atoms with E-state index in [4.69, 9.17) is 23.2 Å². The van der Waals surface area contributed by atoms with Crippen LogP contribution in [0.5, 0.6) is 0 Å². The minimum Gasteiger partial charge on any atom is -0.294 e. The number of rotatable bonds is 4. The number of hydrazone groups is 1. The molecule has 20 heavy (non-hydrogen) atoms. The number of benzene rings is 1. The lowest BCUT2D eigenvalue weighted by atomic mass is 10.1. The maximum Gasteiger partial charge on any atom is 0.254 e. The van der Waals surface area contributed by atoms with E-state index < -0.39 is 0 Å². The highest BCUT2D eigenvalue weighted by Gasteiger charge is 2.13. The van der Waals surface area contributed by atoms with Crippen LogP contribution in [0.15, 0.2) is 23.3 Å². The van der Waals surface area contributed by atoms with Crippen LogP contribution in [-0.4, -0.2) is 36.7 Å². The quantitative estimate of drug-likeness (QED) is 0.686. The van der Waals surface area contributed by atoms with Crippen molar-refractivity contribution in [2.24, 2.45) is 5.10 Å². The Bertz CT molecular complexity index is 479. The summed E-state index contributed by atoms with van der Waals surface area (Å²) in [6.07, 6.45) is 5.04. The first-order valence-electron chi connectivity index (χ1n) is 6.65. The third-order valence-electron chi connectivity index (χ3n) is 3.20. The van der Waals surface area contributed by atoms with Crippen molar-refractivity contribution >= 4 is 35.3 Å². The topological polar surface area (TPSA) is 44.7 Å². The van der Waals surface area contributed by atoms with Gasteiger partial charge in [-0.3, -0.25) is 9.69 Å². The molecule has 108 valence electrons. The van der Waals surface area contributed by atoms with Crippen LogP contribution in [0.1, 0.15) is 24.8 Å². The Balaban J connectivity index is 1.84. The lowest BCUT2D eigenvalue weighted by Crippen LogP contribution is -2.38. The van der Waals surface area contributed by atoms with Gasteiger partial charge in [0.05, 0.1) is 22.8 Å². The molecule has 1 heterocycles. The molecular formula is C14H17Cl2N3O. The third-order valence-corrected chi connectivity index (χ3v) is 3.86. The average Bonchev–Trinajstić information content (AvgIpc) is 2.43. The summed E-state index contributed by atoms with van der Waals surface area (Å²) in [7, 11) is 0. The number of halogens is 2. The van der Waals surface area contributed by atoms with Crippen LogP contribution < -0.4 is 5.43 Å². The van der Waals surface area contributed by atoms with Gasteiger partial charge in [0.15, 0.2) is 0 Å². The molecule has 0 aliphatic carbocycles. The largest absolute Gasteiger partial charge is 0.294 e. The van der Waals surface area contributed by atoms with Crippen molar-refractivity contribution < 1.29 is 4.79 Å². The minimum atomic E-state index is -0.119. The highest BCUT2D eigenvalue weighted by molar-refractivity contribution is 6.38. The molecule has 0 unspecified atom stereocenters. The molecule has 0 radical (unpaired) electrons. The predicted molar refractivity (Wildman–Crippen MR) is 82.5 cm³/mol. The van der Waals surface area contributed by atoms with Gasteiger partial charge in [-0.1, -0.05) is 35.7 Å². The van der Waals surface area contributed by atoms with Gasteiger partial charge in [0, 0.05) is 5.56 Å². The smallest absolute Gasteiger partial charge is 0.254 e. The average molecular weight is 314 g/mol. The number of hydrogen-bond acceptors (Lipinski definition) is 3. The molecule has 1 aliphatic heterocycles. The van der Waals surface area contributed by atoms with Gasteiger partial charge in [0.2, 0.25) is 0 Å². The van der Waals surface area contributed by atoms with Crippen molar-refractivity contribution in [1.29, 1.82) is 0 Å². The van der Waals surface area contributed by atoms with Crippen LogP contribution in [0.4, 0.5) is 0 Å². The van der Waals surface area contributed by atoms with E-state index in [1.165, 1.54) is 12.6 Å². The fraction of sp³-hybridized carbons (Fsp3) is 0.429. The summed E-state index contributed by atoms with van der Waals surface area (Å²) < 4.78 is 0. The highest BCUT2D eigenvalue weighted by atomic mass is 35.5. The summed E-state index contributed by atoms with van der Waals surface area (Å²) >= 11 is 12.0. The fourth-order valence-corrected chi connectivity index (χ4v) is 2.65. The number of carbonyl (C=O) groups is 1. The number of amides is 1. The van der Waals surface area contributed by atoms with Crippen molar-refractivity contribution in [1.82, 2.24) is 10.3 Å². The molecule has 6 heteroatoms. The zero-order valence-corrected chi connectivity index (χ0v) is 12.6. The third kappa shape index (κ3) is 4.47. The Morgan fingerprint density at radius 3 is 2.55 bits per heavy atom. The van der Waals surface area contributed by atoms with Crippen LogP contribution in [-0.2, 0) is 4.79 Å². The number of carbonyl (C=O) groups excluding carboxylic acids is 1. The van der Waals surface area contributed by atoms with Crippen molar-refractivity contribution in [3.63, 3.8) is 0 Å². The van der Waals surface area contributed by atoms with Crippen molar-refractivity contribution in [2.75, 3.05) is 19.6 Å². The van der Waals surface area contributed by atoms with E-state index in [0.717, 1.165) is 25.9 Å². The van der Waals surface area contributed by atoms with Gasteiger partial charge in [-0.15, -0.1) is 0 Å². The number of nitrogens with one attached hydrogen (secondary N) is 1. The molecule has 1 fully saturated rings. The maximum absolute atomic E-state index is 11.7. The lowest BCUT2D eigenvalue weighted by Gasteiger charge is -2.25. The molecular weight excluding hydrogens is 297 g/mol. The molecule has 0 aromatic heterocycles. The minimum absolute atomic E-state index is 0.119. The first-order chi connectivity index (χ1) is 9.66. The van der Waals surface area contributed by atoms with Gasteiger partial charge in [0.25, 0.3) is 5.91 Å². The van der Waals surface area contributed by atoms with Gasteiger partial charge < -0.3 is 0 Å². The molecule has 1 aromatic carbocycles. The molecule has 0 bridgehead atoms. The van der Waals surface area contributed by atoms with Crippen LogP contribution in [0.3, 0.4) is 0 Å². The fourth-order valence-electron chi connectivity index (χ4n) is 2.16. The monoisotopic (exact) mass is 313 g/mol. The Morgan fingerprint density at radius 1 is 1.25 bits per heavy atom. The maximum atomic E-state index is 11.7. The Hall–Kier alpha value is -1.10. The van der Waals surface area contributed by atoms with E-state index in [-0.39, 0.29) is 5.91 Å². The van der Waals surface area contributed by atoms with Crippen LogP contribution in [0, 0.1) is 0 Å². The molecule has 2 rings (SSSR count). The number of nitrogens with zero attached hydrogens (tertiary/aromatic N) is 2. The van der Waals surface area contributed by atoms with Crippen LogP contribution in [0.25, 0.3) is 0 Å². The van der Waals surface area contributed by atoms with Gasteiger partial charge >= 0.3 is 0 Å². The normalized spacial score (nSPS) is 16.5. The van der Waals surface area contributed by atoms with Gasteiger partial charge in [-0.05, 0) is 38.1 Å². The lowest BCUT2D eigenvalue weighted by molar-refractivity contribution is -0.122. The molecule has 0 atom stereocenters. The first kappa shape index (κ1) is 15.3. The first-order valence-corrected chi connectivity index (χ1v) is 7.40. The van der Waals surface area contributed by atoms with Crippen molar-refractivity contribution in [3.05, 3.63) is 33.8 Å². The predicted octanol–water partition coefficient (Wildman–Crippen LogP) is 2.93. The molecule has 4 nitrogen and oxygen atoms in total. The Kier molecular flexibility index (Phi) is 5.83. The van der Waals surface area contributed by atoms with E-state index in [9.17, 15) is 4.79 Å². The van der Waals surface area contributed by atoms with Crippen molar-refractivity contribution in [2.45, 2.75) is 19.3 Å². The summed E-state index contributed by atoms with van der Waals surface area (Å²) in [6.45, 7) is 2.34. The van der Waals surface area contributed by atoms with Gasteiger partial charge in [-0.25, -0.2) is 5.43 Å². The molecule has 1 N–H and O–H groups in total. The Labute approximate surface area is 128 Å². The zero-order valence-electron chi connectivity index (χ0n) is 11.1. The number of likely N-dealkylation sites (tertiary alicyclic amines) is 1. The molecule has 1 amide bonds. The zero-order chi connectivity index (χ0) is 14.4. The molecule has 1 aromatic rings. The summed E-state index contributed by atoms with van der Waals surface area (Å²) in [5, 5.41) is 4.92. The van der Waals surface area contributed by atoms with Crippen molar-refractivity contribution in [3.8, 4) is 0 Å². The summed E-state index contributed by atoms with van der Waals surface area (Å²) in [4.78, 5) is 13.9. The van der Waals surface area contributed by atoms with Gasteiger partial charge in [0.1, 0.15) is 0 Å². The van der Waals surface area contributed by atoms with E-state index in [0.29, 0.717) is 22.2 Å². The summed E-state index contributed by atoms with van der Waals surface area (Å²) in [6, 6.07) is 5.21. The van der Waals surface area contributed by atoms with E-state index >= 15 is 0 Å². The van der Waals surface area contributed by atoms with Crippen LogP contribution >= 0.6 is 23.2 Å². The summed E-state index contributed by atoms with van der Waals surface area (Å²) in [5.74, 6) is -0.119. The van der Waals surface area contributed by atoms with Gasteiger partial charge in [-0.2, -0.15) is 5.10 Å². The van der Waals surface area contributed by atoms with E-state index in [1.807, 2.05) is 0 Å². The number of hydrogen-bond donors (Lipinski definition) is 1. The molecule has 0 saturated carbocycles. The van der Waals surface area contributed by atoms with E-state index in [1.54, 1.807) is 18.2 Å². The molecule has 0 spiro atoms. The van der Waals surface area contributed by atoms with E-state index in [2.05, 4.69) is 15.4 Å². The standard InChI is InChI=1S/C14H17Cl2N3O/c15-12-5-4-6-13(16)11(12)9-17-18-14(20)10-19-7-2-1-3-8-19/h4-6,9H,1-3,7-8,10H2,(H,18,20)/b17-9-. The SMILES string of the molecule is O=C(CN1CCCCC1)N/N=C\c1c(Cl)cccc1Cl. The second-order valence-corrected chi connectivity index (χ2v) is 5.58. The summed E-state index contributed by atoms with van der Waals surface area (Å²) in [5.41, 5.74) is 3.11. The molecule has 1 saturated heterocycles.